The molecule has 0 saturated carbocycles. The molecule has 0 bridgehead atoms. The minimum absolute atomic E-state index is 0.0139. The number of amides is 4. The second kappa shape index (κ2) is 14.3. The van der Waals surface area contributed by atoms with Crippen molar-refractivity contribution in [3.8, 4) is 5.75 Å². The van der Waals surface area contributed by atoms with Crippen LogP contribution < -0.4 is 27.4 Å². The zero-order chi connectivity index (χ0) is 28.2. The summed E-state index contributed by atoms with van der Waals surface area (Å²) in [5, 5.41) is 26.2. The number of aliphatic carboxylic acids is 1. The molecule has 12 heteroatoms. The van der Waals surface area contributed by atoms with Crippen molar-refractivity contribution < 1.29 is 34.2 Å². The van der Waals surface area contributed by atoms with Gasteiger partial charge in [-0.1, -0.05) is 42.5 Å². The van der Waals surface area contributed by atoms with E-state index in [-0.39, 0.29) is 31.4 Å². The molecule has 4 unspecified atom stereocenters. The average molecular weight is 528 g/mol. The van der Waals surface area contributed by atoms with Crippen LogP contribution in [-0.4, -0.2) is 64.0 Å². The van der Waals surface area contributed by atoms with Gasteiger partial charge >= 0.3 is 5.97 Å². The number of hydrogen-bond donors (Lipinski definition) is 7. The van der Waals surface area contributed by atoms with E-state index in [1.807, 2.05) is 6.07 Å². The minimum Gasteiger partial charge on any atom is -0.508 e. The summed E-state index contributed by atoms with van der Waals surface area (Å²) in [5.74, 6) is -4.13. The Labute approximate surface area is 219 Å². The lowest BCUT2D eigenvalue weighted by atomic mass is 10.0. The van der Waals surface area contributed by atoms with E-state index in [2.05, 4.69) is 16.0 Å². The number of carboxylic acids is 1. The van der Waals surface area contributed by atoms with Crippen molar-refractivity contribution in [3.63, 3.8) is 0 Å². The summed E-state index contributed by atoms with van der Waals surface area (Å²) in [6.45, 7) is 1.35. The van der Waals surface area contributed by atoms with Crippen molar-refractivity contribution in [2.75, 3.05) is 0 Å². The molecule has 4 atom stereocenters. The van der Waals surface area contributed by atoms with Crippen LogP contribution in [0.25, 0.3) is 0 Å². The van der Waals surface area contributed by atoms with Crippen LogP contribution in [0.15, 0.2) is 54.6 Å². The maximum absolute atomic E-state index is 12.9. The third-order valence-corrected chi connectivity index (χ3v) is 5.69. The lowest BCUT2D eigenvalue weighted by Gasteiger charge is -2.23. The standard InChI is InChI=1S/C26H33N5O7/c1-15(23(34)31-21(26(37)38)14-17-7-9-18(32)10-8-17)29-25(36)20(11-12-22(28)33)30-24(35)19(27)13-16-5-3-2-4-6-16/h2-10,15,19-21,32H,11-14,27H2,1H3,(H2,28,33)(H,29,36)(H,30,35)(H,31,34)(H,37,38). The van der Waals surface area contributed by atoms with Gasteiger partial charge in [-0.05, 0) is 43.0 Å². The van der Waals surface area contributed by atoms with Crippen LogP contribution in [0.4, 0.5) is 0 Å². The molecule has 0 aliphatic carbocycles. The molecule has 9 N–H and O–H groups in total. The molecule has 2 aromatic carbocycles. The maximum Gasteiger partial charge on any atom is 0.326 e. The van der Waals surface area contributed by atoms with Gasteiger partial charge in [0.25, 0.3) is 0 Å². The lowest BCUT2D eigenvalue weighted by molar-refractivity contribution is -0.142. The second-order valence-electron chi connectivity index (χ2n) is 8.86. The van der Waals surface area contributed by atoms with Crippen molar-refractivity contribution in [2.24, 2.45) is 11.5 Å². The van der Waals surface area contributed by atoms with Gasteiger partial charge in [0.2, 0.25) is 23.6 Å². The van der Waals surface area contributed by atoms with Crippen LogP contribution in [0.5, 0.6) is 5.75 Å². The number of benzene rings is 2. The quantitative estimate of drug-likeness (QED) is 0.167. The van der Waals surface area contributed by atoms with Gasteiger partial charge < -0.3 is 37.6 Å². The Morgan fingerprint density at radius 1 is 0.789 bits per heavy atom. The Hall–Kier alpha value is -4.45. The largest absolute Gasteiger partial charge is 0.508 e. The summed E-state index contributed by atoms with van der Waals surface area (Å²) in [4.78, 5) is 61.2. The molecule has 38 heavy (non-hydrogen) atoms. The molecule has 204 valence electrons. The van der Waals surface area contributed by atoms with Crippen LogP contribution in [-0.2, 0) is 36.8 Å². The van der Waals surface area contributed by atoms with E-state index in [1.165, 1.54) is 31.2 Å². The molecule has 0 aromatic heterocycles. The van der Waals surface area contributed by atoms with E-state index in [9.17, 15) is 34.2 Å². The Balaban J connectivity index is 2.01. The molecule has 0 heterocycles. The van der Waals surface area contributed by atoms with Gasteiger partial charge in [-0.3, -0.25) is 19.2 Å². The monoisotopic (exact) mass is 527 g/mol. The summed E-state index contributed by atoms with van der Waals surface area (Å²) in [6.07, 6.45) is -0.176. The molecule has 0 aliphatic heterocycles. The highest BCUT2D eigenvalue weighted by atomic mass is 16.4. The number of carbonyl (C=O) groups is 5. The number of phenols is 1. The smallest absolute Gasteiger partial charge is 0.326 e. The molecule has 0 saturated heterocycles. The average Bonchev–Trinajstić information content (AvgIpc) is 2.87. The zero-order valence-corrected chi connectivity index (χ0v) is 20.9. The maximum atomic E-state index is 12.9. The first kappa shape index (κ1) is 29.8. The number of primary amides is 1. The molecule has 2 rings (SSSR count). The predicted octanol–water partition coefficient (Wildman–Crippen LogP) is -0.671. The van der Waals surface area contributed by atoms with Crippen molar-refractivity contribution in [1.29, 1.82) is 0 Å². The molecular formula is C26H33N5O7. The number of nitrogens with one attached hydrogen (secondary N) is 3. The van der Waals surface area contributed by atoms with Gasteiger partial charge in [-0.25, -0.2) is 4.79 Å². The van der Waals surface area contributed by atoms with Crippen molar-refractivity contribution in [2.45, 2.75) is 56.8 Å². The first-order valence-electron chi connectivity index (χ1n) is 12.0. The summed E-state index contributed by atoms with van der Waals surface area (Å²) in [6, 6.07) is 10.2. The number of phenolic OH excluding ortho intramolecular Hbond substituents is 1. The SMILES string of the molecule is CC(NC(=O)C(CCC(N)=O)NC(=O)C(N)Cc1ccccc1)C(=O)NC(Cc1ccc(O)cc1)C(=O)O. The van der Waals surface area contributed by atoms with Crippen molar-refractivity contribution >= 4 is 29.6 Å². The van der Waals surface area contributed by atoms with Crippen LogP contribution in [0.1, 0.15) is 30.9 Å². The Morgan fingerprint density at radius 3 is 1.95 bits per heavy atom. The molecule has 0 spiro atoms. The first-order chi connectivity index (χ1) is 18.0. The fourth-order valence-electron chi connectivity index (χ4n) is 3.54. The van der Waals surface area contributed by atoms with Crippen LogP contribution in [0, 0.1) is 0 Å². The van der Waals surface area contributed by atoms with E-state index in [0.717, 1.165) is 5.56 Å². The highest BCUT2D eigenvalue weighted by molar-refractivity contribution is 5.94. The van der Waals surface area contributed by atoms with Gasteiger partial charge in [0.1, 0.15) is 23.9 Å². The van der Waals surface area contributed by atoms with Crippen LogP contribution in [0.3, 0.4) is 0 Å². The summed E-state index contributed by atoms with van der Waals surface area (Å²) < 4.78 is 0. The van der Waals surface area contributed by atoms with Crippen LogP contribution in [0.2, 0.25) is 0 Å². The van der Waals surface area contributed by atoms with E-state index < -0.39 is 53.8 Å². The summed E-state index contributed by atoms with van der Waals surface area (Å²) in [7, 11) is 0. The number of nitrogens with two attached hydrogens (primary N) is 2. The third kappa shape index (κ3) is 9.90. The zero-order valence-electron chi connectivity index (χ0n) is 20.9. The van der Waals surface area contributed by atoms with Crippen LogP contribution >= 0.6 is 0 Å². The Morgan fingerprint density at radius 2 is 1.37 bits per heavy atom. The van der Waals surface area contributed by atoms with E-state index in [0.29, 0.717) is 5.56 Å². The van der Waals surface area contributed by atoms with Gasteiger partial charge in [0.05, 0.1) is 6.04 Å². The fourth-order valence-corrected chi connectivity index (χ4v) is 3.54. The van der Waals surface area contributed by atoms with E-state index in [4.69, 9.17) is 11.5 Å². The molecule has 4 amide bonds. The molecule has 0 aliphatic rings. The van der Waals surface area contributed by atoms with E-state index >= 15 is 0 Å². The number of hydrogen-bond acceptors (Lipinski definition) is 7. The summed E-state index contributed by atoms with van der Waals surface area (Å²) >= 11 is 0. The first-order valence-corrected chi connectivity index (χ1v) is 12.0. The van der Waals surface area contributed by atoms with E-state index in [1.54, 1.807) is 24.3 Å². The highest BCUT2D eigenvalue weighted by Crippen LogP contribution is 2.12. The molecule has 2 aromatic rings. The van der Waals surface area contributed by atoms with Gasteiger partial charge in [0, 0.05) is 12.8 Å². The van der Waals surface area contributed by atoms with Gasteiger partial charge in [-0.2, -0.15) is 0 Å². The topological polar surface area (TPSA) is 214 Å². The molecule has 12 nitrogen and oxygen atoms in total. The van der Waals surface area contributed by atoms with Crippen molar-refractivity contribution in [1.82, 2.24) is 16.0 Å². The molecule has 0 radical (unpaired) electrons. The van der Waals surface area contributed by atoms with Gasteiger partial charge in [-0.15, -0.1) is 0 Å². The normalized spacial score (nSPS) is 13.8. The van der Waals surface area contributed by atoms with Gasteiger partial charge in [0.15, 0.2) is 0 Å². The molecule has 0 fully saturated rings. The lowest BCUT2D eigenvalue weighted by Crippen LogP contribution is -2.56. The number of carbonyl (C=O) groups excluding carboxylic acids is 4. The number of rotatable bonds is 14. The Kier molecular flexibility index (Phi) is 11.2. The minimum atomic E-state index is -1.30. The highest BCUT2D eigenvalue weighted by Gasteiger charge is 2.28. The summed E-state index contributed by atoms with van der Waals surface area (Å²) in [5.41, 5.74) is 12.6. The number of carboxylic acid groups (broad SMARTS) is 1. The fraction of sp³-hybridized carbons (Fsp3) is 0.346. The number of aromatic hydroxyl groups is 1. The second-order valence-corrected chi connectivity index (χ2v) is 8.86. The Bertz CT molecular complexity index is 1120. The van der Waals surface area contributed by atoms with Crippen molar-refractivity contribution in [3.05, 3.63) is 65.7 Å². The predicted molar refractivity (Wildman–Crippen MR) is 137 cm³/mol. The third-order valence-electron chi connectivity index (χ3n) is 5.69. The molecular weight excluding hydrogens is 494 g/mol.